The molecule has 31 heavy (non-hydrogen) atoms. The first-order chi connectivity index (χ1) is 15.0. The van der Waals surface area contributed by atoms with E-state index in [4.69, 9.17) is 16.3 Å². The topological polar surface area (TPSA) is 77.8 Å². The molecule has 10 heteroatoms. The van der Waals surface area contributed by atoms with Crippen LogP contribution in [0.2, 0.25) is 5.15 Å². The minimum atomic E-state index is -0.613. The highest BCUT2D eigenvalue weighted by molar-refractivity contribution is 9.10. The van der Waals surface area contributed by atoms with Crippen LogP contribution in [0.15, 0.2) is 58.2 Å². The Labute approximate surface area is 196 Å². The molecule has 0 spiro atoms. The standard InChI is InChI=1S/C21H16BrClN6OS/c1-11-16(18(23)29(28-11)13-6-4-3-5-7-13)19-24-15-9-8-12(22)10-14(15)17-20(30-19)25-21(31-2)27-26-17/h3-10,19,24H,1-2H3. The van der Waals surface area contributed by atoms with Crippen LogP contribution >= 0.6 is 39.3 Å². The van der Waals surface area contributed by atoms with Gasteiger partial charge in [-0.2, -0.15) is 10.1 Å². The Kier molecular flexibility index (Phi) is 5.33. The van der Waals surface area contributed by atoms with E-state index in [1.54, 1.807) is 4.68 Å². The molecule has 1 unspecified atom stereocenters. The van der Waals surface area contributed by atoms with Gasteiger partial charge >= 0.3 is 0 Å². The normalized spacial score (nSPS) is 14.8. The van der Waals surface area contributed by atoms with Crippen molar-refractivity contribution in [1.82, 2.24) is 25.0 Å². The molecule has 1 atom stereocenters. The minimum Gasteiger partial charge on any atom is -0.447 e. The van der Waals surface area contributed by atoms with E-state index in [0.717, 1.165) is 32.7 Å². The second kappa shape index (κ2) is 8.14. The predicted molar refractivity (Wildman–Crippen MR) is 125 cm³/mol. The van der Waals surface area contributed by atoms with E-state index in [1.165, 1.54) is 11.8 Å². The number of nitrogens with one attached hydrogen (secondary N) is 1. The van der Waals surface area contributed by atoms with E-state index < -0.39 is 6.23 Å². The number of hydrogen-bond acceptors (Lipinski definition) is 7. The highest BCUT2D eigenvalue weighted by Crippen LogP contribution is 2.42. The molecule has 2 aromatic heterocycles. The molecule has 0 amide bonds. The van der Waals surface area contributed by atoms with Gasteiger partial charge in [-0.05, 0) is 43.5 Å². The molecule has 1 aliphatic heterocycles. The molecule has 4 aromatic rings. The second-order valence-corrected chi connectivity index (χ2v) is 8.87. The maximum Gasteiger partial charge on any atom is 0.247 e. The van der Waals surface area contributed by atoms with Gasteiger partial charge in [-0.1, -0.05) is 57.5 Å². The number of nitrogens with zero attached hydrogens (tertiary/aromatic N) is 5. The maximum absolute atomic E-state index is 6.81. The number of ether oxygens (including phenoxy) is 1. The molecule has 0 saturated heterocycles. The summed E-state index contributed by atoms with van der Waals surface area (Å²) in [4.78, 5) is 4.56. The lowest BCUT2D eigenvalue weighted by Gasteiger charge is -2.19. The van der Waals surface area contributed by atoms with Crippen molar-refractivity contribution in [3.05, 3.63) is 69.4 Å². The van der Waals surface area contributed by atoms with Crippen LogP contribution in [-0.2, 0) is 0 Å². The molecule has 3 heterocycles. The summed E-state index contributed by atoms with van der Waals surface area (Å²) < 4.78 is 8.95. The van der Waals surface area contributed by atoms with E-state index in [2.05, 4.69) is 41.5 Å². The van der Waals surface area contributed by atoms with Crippen molar-refractivity contribution in [3.63, 3.8) is 0 Å². The lowest BCUT2D eigenvalue weighted by Crippen LogP contribution is -2.18. The third kappa shape index (κ3) is 3.66. The number of fused-ring (bicyclic) bond motifs is 3. The molecular weight excluding hydrogens is 500 g/mol. The molecule has 7 nitrogen and oxygen atoms in total. The quantitative estimate of drug-likeness (QED) is 0.352. The smallest absolute Gasteiger partial charge is 0.247 e. The number of benzene rings is 2. The highest BCUT2D eigenvalue weighted by Gasteiger charge is 2.31. The second-order valence-electron chi connectivity index (χ2n) is 6.82. The zero-order valence-corrected chi connectivity index (χ0v) is 19.7. The van der Waals surface area contributed by atoms with E-state index in [1.807, 2.05) is 61.7 Å². The van der Waals surface area contributed by atoms with Crippen molar-refractivity contribution in [2.75, 3.05) is 11.6 Å². The van der Waals surface area contributed by atoms with Gasteiger partial charge in [0.15, 0.2) is 5.69 Å². The van der Waals surface area contributed by atoms with Crippen LogP contribution in [0, 0.1) is 6.92 Å². The van der Waals surface area contributed by atoms with Crippen molar-refractivity contribution in [2.24, 2.45) is 0 Å². The van der Waals surface area contributed by atoms with Gasteiger partial charge in [-0.3, -0.25) is 0 Å². The summed E-state index contributed by atoms with van der Waals surface area (Å²) in [7, 11) is 0. The minimum absolute atomic E-state index is 0.386. The Balaban J connectivity index is 1.66. The van der Waals surface area contributed by atoms with Gasteiger partial charge in [0, 0.05) is 15.7 Å². The molecule has 1 N–H and O–H groups in total. The fourth-order valence-corrected chi connectivity index (χ4v) is 4.47. The summed E-state index contributed by atoms with van der Waals surface area (Å²) >= 11 is 11.7. The fourth-order valence-electron chi connectivity index (χ4n) is 3.44. The molecule has 5 rings (SSSR count). The van der Waals surface area contributed by atoms with Gasteiger partial charge in [0.05, 0.1) is 16.9 Å². The summed E-state index contributed by atoms with van der Waals surface area (Å²) in [6, 6.07) is 15.6. The van der Waals surface area contributed by atoms with Crippen LogP contribution in [0.25, 0.3) is 16.9 Å². The van der Waals surface area contributed by atoms with E-state index in [0.29, 0.717) is 21.9 Å². The largest absolute Gasteiger partial charge is 0.447 e. The summed E-state index contributed by atoms with van der Waals surface area (Å²) in [5, 5.41) is 17.7. The molecule has 0 bridgehead atoms. The molecular formula is C21H16BrClN6OS. The number of para-hydroxylation sites is 1. The first-order valence-corrected chi connectivity index (χ1v) is 11.8. The first-order valence-electron chi connectivity index (χ1n) is 9.37. The van der Waals surface area contributed by atoms with E-state index in [9.17, 15) is 0 Å². The van der Waals surface area contributed by atoms with Crippen LogP contribution in [0.3, 0.4) is 0 Å². The van der Waals surface area contributed by atoms with Gasteiger partial charge < -0.3 is 10.1 Å². The van der Waals surface area contributed by atoms with Crippen LogP contribution in [0.1, 0.15) is 17.5 Å². The lowest BCUT2D eigenvalue weighted by atomic mass is 10.1. The van der Waals surface area contributed by atoms with Crippen molar-refractivity contribution in [1.29, 1.82) is 0 Å². The molecule has 0 radical (unpaired) electrons. The number of thioether (sulfide) groups is 1. The van der Waals surface area contributed by atoms with Gasteiger partial charge in [-0.25, -0.2) is 4.68 Å². The van der Waals surface area contributed by atoms with E-state index in [-0.39, 0.29) is 0 Å². The van der Waals surface area contributed by atoms with Crippen molar-refractivity contribution in [2.45, 2.75) is 18.3 Å². The Bertz CT molecular complexity index is 1280. The Morgan fingerprint density at radius 1 is 1.16 bits per heavy atom. The molecule has 1 aliphatic rings. The van der Waals surface area contributed by atoms with Gasteiger partial charge in [0.25, 0.3) is 0 Å². The zero-order chi connectivity index (χ0) is 21.5. The monoisotopic (exact) mass is 514 g/mol. The molecule has 156 valence electrons. The van der Waals surface area contributed by atoms with Crippen molar-refractivity contribution >= 4 is 45.0 Å². The lowest BCUT2D eigenvalue weighted by molar-refractivity contribution is 0.224. The number of halogens is 2. The first kappa shape index (κ1) is 20.3. The third-order valence-corrected chi connectivity index (χ3v) is 6.28. The van der Waals surface area contributed by atoms with Crippen molar-refractivity contribution in [3.8, 4) is 22.8 Å². The van der Waals surface area contributed by atoms with Gasteiger partial charge in [0.2, 0.25) is 17.3 Å². The summed E-state index contributed by atoms with van der Waals surface area (Å²) in [5.41, 5.74) is 4.59. The molecule has 0 aliphatic carbocycles. The van der Waals surface area contributed by atoms with Crippen LogP contribution in [0.4, 0.5) is 5.69 Å². The summed E-state index contributed by atoms with van der Waals surface area (Å²) in [6.07, 6.45) is 1.28. The van der Waals surface area contributed by atoms with Gasteiger partial charge in [-0.15, -0.1) is 10.2 Å². The number of aryl methyl sites for hydroxylation is 1. The number of anilines is 1. The number of hydrogen-bond donors (Lipinski definition) is 1. The maximum atomic E-state index is 6.81. The Morgan fingerprint density at radius 2 is 1.97 bits per heavy atom. The van der Waals surface area contributed by atoms with Crippen LogP contribution < -0.4 is 10.1 Å². The summed E-state index contributed by atoms with van der Waals surface area (Å²) in [5.74, 6) is 0.386. The van der Waals surface area contributed by atoms with Crippen molar-refractivity contribution < 1.29 is 4.74 Å². The van der Waals surface area contributed by atoms with Gasteiger partial charge in [0.1, 0.15) is 5.15 Å². The average Bonchev–Trinajstić information content (AvgIpc) is 2.99. The zero-order valence-electron chi connectivity index (χ0n) is 16.5. The van der Waals surface area contributed by atoms with Crippen LogP contribution in [0.5, 0.6) is 5.88 Å². The highest BCUT2D eigenvalue weighted by atomic mass is 79.9. The number of aromatic nitrogens is 5. The molecule has 0 fully saturated rings. The third-order valence-electron chi connectivity index (χ3n) is 4.88. The SMILES string of the molecule is CSc1nnc2c(n1)OC(c1c(C)nn(-c3ccccc3)c1Cl)Nc1ccc(Br)cc1-2. The van der Waals surface area contributed by atoms with Crippen LogP contribution in [-0.4, -0.2) is 31.2 Å². The molecule has 2 aromatic carbocycles. The Morgan fingerprint density at radius 3 is 2.74 bits per heavy atom. The molecule has 0 saturated carbocycles. The average molecular weight is 516 g/mol. The number of rotatable bonds is 3. The summed E-state index contributed by atoms with van der Waals surface area (Å²) in [6.45, 7) is 1.91. The predicted octanol–water partition coefficient (Wildman–Crippen LogP) is 5.67. The Hall–Kier alpha value is -2.62. The fraction of sp³-hybridized carbons (Fsp3) is 0.143. The van der Waals surface area contributed by atoms with E-state index >= 15 is 0 Å².